The third-order valence-corrected chi connectivity index (χ3v) is 4.13. The number of nitrogens with zero attached hydrogens (tertiary/aromatic N) is 1. The minimum Gasteiger partial charge on any atom is -0.496 e. The first-order valence-corrected chi connectivity index (χ1v) is 7.24. The second-order valence-corrected chi connectivity index (χ2v) is 5.66. The van der Waals surface area contributed by atoms with E-state index in [9.17, 15) is 5.11 Å². The fraction of sp³-hybridized carbons (Fsp3) is 0.571. The van der Waals surface area contributed by atoms with Gasteiger partial charge in [-0.25, -0.2) is 0 Å². The molecule has 1 fully saturated rings. The largest absolute Gasteiger partial charge is 0.496 e. The van der Waals surface area contributed by atoms with Gasteiger partial charge >= 0.3 is 0 Å². The topological polar surface area (TPSA) is 41.9 Å². The zero-order valence-corrected chi connectivity index (χ0v) is 12.9. The van der Waals surface area contributed by atoms with Gasteiger partial charge in [0.1, 0.15) is 11.5 Å². The minimum absolute atomic E-state index is 0.141. The van der Waals surface area contributed by atoms with Crippen molar-refractivity contribution >= 4 is 15.9 Å². The summed E-state index contributed by atoms with van der Waals surface area (Å²) in [6, 6.07) is 3.95. The zero-order chi connectivity index (χ0) is 13.8. The Morgan fingerprint density at radius 1 is 1.21 bits per heavy atom. The molecular weight excluding hydrogens is 310 g/mol. The van der Waals surface area contributed by atoms with Crippen LogP contribution in [0, 0.1) is 0 Å². The molecule has 1 aliphatic rings. The molecule has 1 N–H and O–H groups in total. The van der Waals surface area contributed by atoms with Crippen LogP contribution < -0.4 is 9.47 Å². The summed E-state index contributed by atoms with van der Waals surface area (Å²) in [4.78, 5) is 2.33. The Balaban J connectivity index is 2.14. The number of aliphatic hydroxyl groups is 1. The van der Waals surface area contributed by atoms with E-state index in [1.165, 1.54) is 0 Å². The predicted octanol–water partition coefficient (Wildman–Crippen LogP) is 2.42. The summed E-state index contributed by atoms with van der Waals surface area (Å²) in [6.45, 7) is 2.66. The lowest BCUT2D eigenvalue weighted by atomic mass is 10.1. The summed E-state index contributed by atoms with van der Waals surface area (Å²) in [5, 5.41) is 9.53. The van der Waals surface area contributed by atoms with Gasteiger partial charge in [0, 0.05) is 25.2 Å². The summed E-state index contributed by atoms with van der Waals surface area (Å²) < 4.78 is 11.7. The van der Waals surface area contributed by atoms with Crippen LogP contribution in [0.4, 0.5) is 0 Å². The number of ether oxygens (including phenoxy) is 2. The molecule has 1 heterocycles. The average molecular weight is 330 g/mol. The average Bonchev–Trinajstić information content (AvgIpc) is 2.42. The van der Waals surface area contributed by atoms with Crippen LogP contribution in [0.25, 0.3) is 0 Å². The third kappa shape index (κ3) is 3.61. The Kier molecular flexibility index (Phi) is 5.07. The second-order valence-electron chi connectivity index (χ2n) is 4.81. The van der Waals surface area contributed by atoms with Crippen LogP contribution in [0.5, 0.6) is 11.5 Å². The van der Waals surface area contributed by atoms with Crippen LogP contribution in [0.15, 0.2) is 16.6 Å². The van der Waals surface area contributed by atoms with Crippen LogP contribution in [0.3, 0.4) is 0 Å². The molecule has 0 amide bonds. The van der Waals surface area contributed by atoms with Gasteiger partial charge in [-0.1, -0.05) is 0 Å². The Labute approximate surface area is 122 Å². The summed E-state index contributed by atoms with van der Waals surface area (Å²) in [5.41, 5.74) is 1.11. The number of hydrogen-bond donors (Lipinski definition) is 1. The highest BCUT2D eigenvalue weighted by Gasteiger charge is 2.19. The molecule has 106 valence electrons. The van der Waals surface area contributed by atoms with Crippen molar-refractivity contribution in [3.8, 4) is 11.5 Å². The predicted molar refractivity (Wildman–Crippen MR) is 77.8 cm³/mol. The van der Waals surface area contributed by atoms with Gasteiger partial charge in [-0.15, -0.1) is 0 Å². The van der Waals surface area contributed by atoms with Crippen molar-refractivity contribution < 1.29 is 14.6 Å². The third-order valence-electron chi connectivity index (χ3n) is 3.51. The van der Waals surface area contributed by atoms with Crippen LogP contribution in [0.2, 0.25) is 0 Å². The number of likely N-dealkylation sites (tertiary alicyclic amines) is 1. The Morgan fingerprint density at radius 3 is 2.42 bits per heavy atom. The van der Waals surface area contributed by atoms with E-state index in [1.807, 2.05) is 12.1 Å². The molecule has 0 saturated carbocycles. The fourth-order valence-corrected chi connectivity index (χ4v) is 2.85. The summed E-state index contributed by atoms with van der Waals surface area (Å²) in [6.07, 6.45) is 1.55. The van der Waals surface area contributed by atoms with Gasteiger partial charge < -0.3 is 14.6 Å². The van der Waals surface area contributed by atoms with E-state index in [2.05, 4.69) is 20.8 Å². The monoisotopic (exact) mass is 329 g/mol. The number of halogens is 1. The SMILES string of the molecule is COc1cc(CN2CCC(O)CC2)c(OC)cc1Br. The van der Waals surface area contributed by atoms with Gasteiger partial charge in [0.05, 0.1) is 24.8 Å². The maximum atomic E-state index is 9.53. The highest BCUT2D eigenvalue weighted by molar-refractivity contribution is 9.10. The van der Waals surface area contributed by atoms with Crippen LogP contribution in [-0.2, 0) is 6.54 Å². The Hall–Kier alpha value is -0.780. The van der Waals surface area contributed by atoms with Gasteiger partial charge in [0.15, 0.2) is 0 Å². The highest BCUT2D eigenvalue weighted by Crippen LogP contribution is 2.33. The fourth-order valence-electron chi connectivity index (χ4n) is 2.37. The zero-order valence-electron chi connectivity index (χ0n) is 11.4. The van der Waals surface area contributed by atoms with Crippen LogP contribution in [0.1, 0.15) is 18.4 Å². The van der Waals surface area contributed by atoms with Crippen LogP contribution >= 0.6 is 15.9 Å². The molecule has 4 nitrogen and oxygen atoms in total. The van der Waals surface area contributed by atoms with Crippen molar-refractivity contribution in [1.82, 2.24) is 4.90 Å². The first-order chi connectivity index (χ1) is 9.13. The number of hydrogen-bond acceptors (Lipinski definition) is 4. The number of rotatable bonds is 4. The summed E-state index contributed by atoms with van der Waals surface area (Å²) in [5.74, 6) is 1.67. The van der Waals surface area contributed by atoms with E-state index in [1.54, 1.807) is 14.2 Å². The van der Waals surface area contributed by atoms with Crippen molar-refractivity contribution in [1.29, 1.82) is 0 Å². The molecule has 0 bridgehead atoms. The normalized spacial score (nSPS) is 17.5. The first kappa shape index (κ1) is 14.6. The lowest BCUT2D eigenvalue weighted by Gasteiger charge is -2.30. The molecule has 0 aliphatic carbocycles. The van der Waals surface area contributed by atoms with Crippen LogP contribution in [-0.4, -0.2) is 43.4 Å². The minimum atomic E-state index is -0.141. The molecule has 0 unspecified atom stereocenters. The van der Waals surface area contributed by atoms with Crippen molar-refractivity contribution in [2.45, 2.75) is 25.5 Å². The van der Waals surface area contributed by atoms with Crippen molar-refractivity contribution in [2.75, 3.05) is 27.3 Å². The molecule has 5 heteroatoms. The number of aliphatic hydroxyl groups excluding tert-OH is 1. The maximum Gasteiger partial charge on any atom is 0.133 e. The van der Waals surface area contributed by atoms with Crippen molar-refractivity contribution in [2.24, 2.45) is 0 Å². The standard InChI is InChI=1S/C14H20BrNO3/c1-18-13-8-12(15)14(19-2)7-10(13)9-16-5-3-11(17)4-6-16/h7-8,11,17H,3-6,9H2,1-2H3. The van der Waals surface area contributed by atoms with E-state index in [0.717, 1.165) is 54.0 Å². The molecule has 1 aliphatic heterocycles. The maximum absolute atomic E-state index is 9.53. The van der Waals surface area contributed by atoms with E-state index in [4.69, 9.17) is 9.47 Å². The first-order valence-electron chi connectivity index (χ1n) is 6.45. The molecule has 0 radical (unpaired) electrons. The summed E-state index contributed by atoms with van der Waals surface area (Å²) >= 11 is 3.46. The Bertz CT molecular complexity index is 431. The number of benzene rings is 1. The molecular formula is C14H20BrNO3. The number of methoxy groups -OCH3 is 2. The van der Waals surface area contributed by atoms with Gasteiger partial charge in [-0.3, -0.25) is 4.90 Å². The lowest BCUT2D eigenvalue weighted by molar-refractivity contribution is 0.0788. The van der Waals surface area contributed by atoms with Crippen molar-refractivity contribution in [3.05, 3.63) is 22.2 Å². The van der Waals surface area contributed by atoms with Gasteiger partial charge in [-0.05, 0) is 40.9 Å². The van der Waals surface area contributed by atoms with E-state index in [0.29, 0.717) is 0 Å². The smallest absolute Gasteiger partial charge is 0.133 e. The lowest BCUT2D eigenvalue weighted by Crippen LogP contribution is -2.35. The van der Waals surface area contributed by atoms with Gasteiger partial charge in [0.2, 0.25) is 0 Å². The van der Waals surface area contributed by atoms with Gasteiger partial charge in [0.25, 0.3) is 0 Å². The highest BCUT2D eigenvalue weighted by atomic mass is 79.9. The molecule has 0 spiro atoms. The number of piperidine rings is 1. The molecule has 19 heavy (non-hydrogen) atoms. The van der Waals surface area contributed by atoms with E-state index >= 15 is 0 Å². The van der Waals surface area contributed by atoms with Crippen molar-refractivity contribution in [3.63, 3.8) is 0 Å². The Morgan fingerprint density at radius 2 is 1.84 bits per heavy atom. The second kappa shape index (κ2) is 6.59. The molecule has 1 aromatic rings. The quantitative estimate of drug-likeness (QED) is 0.921. The van der Waals surface area contributed by atoms with E-state index < -0.39 is 0 Å². The molecule has 2 rings (SSSR count). The molecule has 0 aromatic heterocycles. The van der Waals surface area contributed by atoms with E-state index in [-0.39, 0.29) is 6.10 Å². The molecule has 1 saturated heterocycles. The molecule has 1 aromatic carbocycles. The summed E-state index contributed by atoms with van der Waals surface area (Å²) in [7, 11) is 3.34. The molecule has 0 atom stereocenters. The van der Waals surface area contributed by atoms with Gasteiger partial charge in [-0.2, -0.15) is 0 Å².